The van der Waals surface area contributed by atoms with E-state index in [0.717, 1.165) is 30.2 Å². The van der Waals surface area contributed by atoms with Crippen LogP contribution in [0.4, 0.5) is 0 Å². The fourth-order valence-corrected chi connectivity index (χ4v) is 3.31. The summed E-state index contributed by atoms with van der Waals surface area (Å²) in [6, 6.07) is 12.9. The minimum atomic E-state index is -0.300. The number of pyridine rings is 1. The first kappa shape index (κ1) is 16.9. The predicted molar refractivity (Wildman–Crippen MR) is 93.6 cm³/mol. The van der Waals surface area contributed by atoms with Gasteiger partial charge >= 0.3 is 0 Å². The molecule has 0 unspecified atom stereocenters. The highest BCUT2D eigenvalue weighted by Gasteiger charge is 2.32. The van der Waals surface area contributed by atoms with Crippen LogP contribution in [-0.2, 0) is 4.79 Å². The maximum atomic E-state index is 12.6. The zero-order valence-corrected chi connectivity index (χ0v) is 13.9. The molecule has 0 saturated heterocycles. The van der Waals surface area contributed by atoms with E-state index in [1.54, 1.807) is 6.07 Å². The van der Waals surface area contributed by atoms with Crippen molar-refractivity contribution in [1.29, 1.82) is 5.26 Å². The van der Waals surface area contributed by atoms with E-state index in [-0.39, 0.29) is 30.3 Å². The molecule has 0 radical (unpaired) electrons. The lowest BCUT2D eigenvalue weighted by Crippen LogP contribution is -2.48. The topological polar surface area (TPSA) is 94.9 Å². The van der Waals surface area contributed by atoms with E-state index in [9.17, 15) is 9.59 Å². The number of hydrogen-bond acceptors (Lipinski definition) is 4. The van der Waals surface area contributed by atoms with Crippen molar-refractivity contribution < 1.29 is 9.59 Å². The minimum absolute atomic E-state index is 0.0117. The molecule has 2 amide bonds. The smallest absolute Gasteiger partial charge is 0.270 e. The molecule has 1 aliphatic rings. The first-order valence-corrected chi connectivity index (χ1v) is 8.50. The van der Waals surface area contributed by atoms with Crippen LogP contribution in [0.25, 0.3) is 10.9 Å². The first-order valence-electron chi connectivity index (χ1n) is 8.50. The van der Waals surface area contributed by atoms with Gasteiger partial charge in [-0.05, 0) is 25.0 Å². The molecule has 0 spiro atoms. The summed E-state index contributed by atoms with van der Waals surface area (Å²) < 4.78 is 0. The van der Waals surface area contributed by atoms with Gasteiger partial charge in [0.2, 0.25) is 5.91 Å². The molecule has 1 fully saturated rings. The summed E-state index contributed by atoms with van der Waals surface area (Å²) in [5.74, 6) is -0.736. The normalized spacial score (nSPS) is 19.8. The molecule has 1 heterocycles. The molecule has 2 aromatic rings. The summed E-state index contributed by atoms with van der Waals surface area (Å²) >= 11 is 0. The summed E-state index contributed by atoms with van der Waals surface area (Å²) in [6.45, 7) is -0.0117. The predicted octanol–water partition coefficient (Wildman–Crippen LogP) is 2.16. The van der Waals surface area contributed by atoms with Crippen LogP contribution in [0.1, 0.15) is 36.2 Å². The molecule has 1 aliphatic carbocycles. The minimum Gasteiger partial charge on any atom is -0.347 e. The highest BCUT2D eigenvalue weighted by Crippen LogP contribution is 2.25. The van der Waals surface area contributed by atoms with E-state index >= 15 is 0 Å². The monoisotopic (exact) mass is 336 g/mol. The largest absolute Gasteiger partial charge is 0.347 e. The van der Waals surface area contributed by atoms with Crippen molar-refractivity contribution in [3.8, 4) is 6.07 Å². The van der Waals surface area contributed by atoms with E-state index in [2.05, 4.69) is 15.6 Å². The van der Waals surface area contributed by atoms with Crippen molar-refractivity contribution in [3.05, 3.63) is 42.1 Å². The van der Waals surface area contributed by atoms with Gasteiger partial charge in [0.15, 0.2) is 0 Å². The van der Waals surface area contributed by atoms with Crippen LogP contribution in [0, 0.1) is 17.2 Å². The molecule has 0 aliphatic heterocycles. The van der Waals surface area contributed by atoms with Gasteiger partial charge in [-0.1, -0.05) is 37.1 Å². The van der Waals surface area contributed by atoms with Crippen molar-refractivity contribution in [2.75, 3.05) is 6.54 Å². The fourth-order valence-electron chi connectivity index (χ4n) is 3.31. The van der Waals surface area contributed by atoms with Crippen LogP contribution in [0.2, 0.25) is 0 Å². The number of nitriles is 1. The molecule has 1 aromatic heterocycles. The Morgan fingerprint density at radius 3 is 2.80 bits per heavy atom. The van der Waals surface area contributed by atoms with Crippen molar-refractivity contribution >= 4 is 22.7 Å². The number of aromatic nitrogens is 1. The Labute approximate surface area is 146 Å². The Morgan fingerprint density at radius 1 is 1.16 bits per heavy atom. The number of carbonyl (C=O) groups excluding carboxylic acids is 2. The van der Waals surface area contributed by atoms with Gasteiger partial charge in [0.25, 0.3) is 5.91 Å². The first-order chi connectivity index (χ1) is 12.2. The van der Waals surface area contributed by atoms with Gasteiger partial charge in [-0.3, -0.25) is 9.59 Å². The van der Waals surface area contributed by atoms with Crippen molar-refractivity contribution in [1.82, 2.24) is 15.6 Å². The van der Waals surface area contributed by atoms with Crippen LogP contribution in [0.15, 0.2) is 36.4 Å². The molecule has 2 atom stereocenters. The quantitative estimate of drug-likeness (QED) is 0.837. The van der Waals surface area contributed by atoms with Gasteiger partial charge < -0.3 is 10.6 Å². The molecule has 128 valence electrons. The van der Waals surface area contributed by atoms with Crippen LogP contribution >= 0.6 is 0 Å². The highest BCUT2D eigenvalue weighted by molar-refractivity contribution is 5.95. The summed E-state index contributed by atoms with van der Waals surface area (Å²) in [5.41, 5.74) is 1.11. The number of nitrogens with zero attached hydrogens (tertiary/aromatic N) is 2. The molecule has 6 heteroatoms. The second-order valence-corrected chi connectivity index (χ2v) is 6.24. The van der Waals surface area contributed by atoms with Gasteiger partial charge in [-0.2, -0.15) is 5.26 Å². The Morgan fingerprint density at radius 2 is 1.96 bits per heavy atom. The number of carbonyl (C=O) groups is 2. The molecule has 25 heavy (non-hydrogen) atoms. The second kappa shape index (κ2) is 7.75. The van der Waals surface area contributed by atoms with Crippen molar-refractivity contribution in [2.24, 2.45) is 5.92 Å². The summed E-state index contributed by atoms with van der Waals surface area (Å²) in [7, 11) is 0. The van der Waals surface area contributed by atoms with Gasteiger partial charge in [-0.15, -0.1) is 0 Å². The Bertz CT molecular complexity index is 828. The molecule has 1 saturated carbocycles. The van der Waals surface area contributed by atoms with Crippen LogP contribution < -0.4 is 10.6 Å². The van der Waals surface area contributed by atoms with Crippen molar-refractivity contribution in [3.63, 3.8) is 0 Å². The number of amides is 2. The maximum Gasteiger partial charge on any atom is 0.270 e. The molecular weight excluding hydrogens is 316 g/mol. The van der Waals surface area contributed by atoms with Crippen LogP contribution in [-0.4, -0.2) is 29.4 Å². The number of benzene rings is 1. The van der Waals surface area contributed by atoms with Gasteiger partial charge in [-0.25, -0.2) is 4.98 Å². The van der Waals surface area contributed by atoms with Gasteiger partial charge in [0.05, 0.1) is 17.5 Å². The Kier molecular flexibility index (Phi) is 5.24. The zero-order valence-electron chi connectivity index (χ0n) is 13.9. The molecule has 2 N–H and O–H groups in total. The van der Waals surface area contributed by atoms with Gasteiger partial charge in [0.1, 0.15) is 12.2 Å². The summed E-state index contributed by atoms with van der Waals surface area (Å²) in [6.07, 6.45) is 3.39. The SMILES string of the molecule is N#CCNC(=O)[C@@H]1CCCC[C@@H]1NC(=O)c1ccc2ccccc2n1. The summed E-state index contributed by atoms with van der Waals surface area (Å²) in [5, 5.41) is 15.2. The van der Waals surface area contributed by atoms with E-state index < -0.39 is 0 Å². The van der Waals surface area contributed by atoms with E-state index in [0.29, 0.717) is 12.1 Å². The molecule has 3 rings (SSSR count). The standard InChI is InChI=1S/C19H20N4O2/c20-11-12-21-18(24)14-6-2-4-8-16(14)23-19(25)17-10-9-13-5-1-3-7-15(13)22-17/h1,3,5,7,9-10,14,16H,2,4,6,8,12H2,(H,21,24)(H,23,25)/t14-,16+/m1/s1. The third-order valence-corrected chi connectivity index (χ3v) is 4.59. The lowest BCUT2D eigenvalue weighted by atomic mass is 9.83. The van der Waals surface area contributed by atoms with Gasteiger partial charge in [0, 0.05) is 11.4 Å². The number of para-hydroxylation sites is 1. The lowest BCUT2D eigenvalue weighted by molar-refractivity contribution is -0.126. The second-order valence-electron chi connectivity index (χ2n) is 6.24. The average Bonchev–Trinajstić information content (AvgIpc) is 2.66. The number of rotatable bonds is 4. The summed E-state index contributed by atoms with van der Waals surface area (Å²) in [4.78, 5) is 29.2. The lowest BCUT2D eigenvalue weighted by Gasteiger charge is -2.30. The third-order valence-electron chi connectivity index (χ3n) is 4.59. The number of fused-ring (bicyclic) bond motifs is 1. The average molecular weight is 336 g/mol. The highest BCUT2D eigenvalue weighted by atomic mass is 16.2. The van der Waals surface area contributed by atoms with E-state index in [1.807, 2.05) is 36.4 Å². The Hall–Kier alpha value is -2.94. The van der Waals surface area contributed by atoms with Crippen molar-refractivity contribution in [2.45, 2.75) is 31.7 Å². The Balaban J connectivity index is 1.72. The third kappa shape index (κ3) is 3.94. The number of nitrogens with one attached hydrogen (secondary N) is 2. The molecule has 6 nitrogen and oxygen atoms in total. The maximum absolute atomic E-state index is 12.6. The number of hydrogen-bond donors (Lipinski definition) is 2. The zero-order chi connectivity index (χ0) is 17.6. The van der Waals surface area contributed by atoms with E-state index in [4.69, 9.17) is 5.26 Å². The molecular formula is C19H20N4O2. The van der Waals surface area contributed by atoms with E-state index in [1.165, 1.54) is 0 Å². The van der Waals surface area contributed by atoms with Crippen LogP contribution in [0.5, 0.6) is 0 Å². The molecule has 0 bridgehead atoms. The molecule has 1 aromatic carbocycles. The fraction of sp³-hybridized carbons (Fsp3) is 0.368. The van der Waals surface area contributed by atoms with Crippen LogP contribution in [0.3, 0.4) is 0 Å².